The van der Waals surface area contributed by atoms with Crippen molar-refractivity contribution >= 4 is 11.8 Å². The van der Waals surface area contributed by atoms with Crippen LogP contribution in [0.5, 0.6) is 0 Å². The van der Waals surface area contributed by atoms with Gasteiger partial charge in [-0.1, -0.05) is 31.2 Å². The molecule has 164 valence electrons. The summed E-state index contributed by atoms with van der Waals surface area (Å²) in [6, 6.07) is 13.6. The standard InChI is InChI=1S/C25H30FN3O2/c1-2-21-15-29(25(30)31-21)20-7-8-22(23(26)13-20)18-5-3-17(4-6-18)14-27-24-16-28-11-9-19(24)10-12-28/h3-8,13,19,21,24,27H,2,9-12,14-16H2,1H3/t21-,24?/m0/s1. The second kappa shape index (κ2) is 8.60. The van der Waals surface area contributed by atoms with Gasteiger partial charge in [-0.05, 0) is 67.6 Å². The van der Waals surface area contributed by atoms with Gasteiger partial charge >= 0.3 is 6.09 Å². The minimum absolute atomic E-state index is 0.127. The lowest BCUT2D eigenvalue weighted by Crippen LogP contribution is -2.55. The Labute approximate surface area is 183 Å². The molecule has 0 spiro atoms. The summed E-state index contributed by atoms with van der Waals surface area (Å²) >= 11 is 0. The highest BCUT2D eigenvalue weighted by Gasteiger charge is 2.33. The van der Waals surface area contributed by atoms with Crippen LogP contribution in [0.25, 0.3) is 11.1 Å². The lowest BCUT2D eigenvalue weighted by atomic mass is 9.84. The fourth-order valence-corrected chi connectivity index (χ4v) is 5.10. The van der Waals surface area contributed by atoms with Crippen molar-refractivity contribution in [3.05, 3.63) is 53.8 Å². The maximum Gasteiger partial charge on any atom is 0.414 e. The van der Waals surface area contributed by atoms with E-state index in [1.54, 1.807) is 12.1 Å². The summed E-state index contributed by atoms with van der Waals surface area (Å²) in [4.78, 5) is 16.1. The van der Waals surface area contributed by atoms with E-state index in [0.717, 1.165) is 31.0 Å². The smallest absolute Gasteiger partial charge is 0.414 e. The number of halogens is 1. The minimum Gasteiger partial charge on any atom is -0.444 e. The zero-order valence-corrected chi connectivity index (χ0v) is 18.0. The Bertz CT molecular complexity index is 940. The third-order valence-corrected chi connectivity index (χ3v) is 7.08. The minimum atomic E-state index is -0.404. The molecule has 0 saturated carbocycles. The van der Waals surface area contributed by atoms with Gasteiger partial charge in [0.25, 0.3) is 0 Å². The number of anilines is 1. The Morgan fingerprint density at radius 1 is 1.10 bits per heavy atom. The lowest BCUT2D eigenvalue weighted by molar-refractivity contribution is 0.0720. The number of hydrogen-bond acceptors (Lipinski definition) is 4. The fourth-order valence-electron chi connectivity index (χ4n) is 5.10. The van der Waals surface area contributed by atoms with Gasteiger partial charge in [0.1, 0.15) is 11.9 Å². The van der Waals surface area contributed by atoms with Crippen LogP contribution in [0.4, 0.5) is 14.9 Å². The predicted octanol–water partition coefficient (Wildman–Crippen LogP) is 4.41. The molecule has 2 atom stereocenters. The first-order chi connectivity index (χ1) is 15.1. The van der Waals surface area contributed by atoms with Crippen LogP contribution in [-0.2, 0) is 11.3 Å². The van der Waals surface area contributed by atoms with Gasteiger partial charge < -0.3 is 15.0 Å². The average molecular weight is 424 g/mol. The van der Waals surface area contributed by atoms with Crippen molar-refractivity contribution in [3.63, 3.8) is 0 Å². The number of carbonyl (C=O) groups is 1. The number of nitrogens with zero attached hydrogens (tertiary/aromatic N) is 2. The van der Waals surface area contributed by atoms with Crippen LogP contribution in [-0.4, -0.2) is 49.3 Å². The van der Waals surface area contributed by atoms with E-state index in [9.17, 15) is 9.18 Å². The number of cyclic esters (lactones) is 1. The third kappa shape index (κ3) is 4.19. The van der Waals surface area contributed by atoms with Gasteiger partial charge in [-0.25, -0.2) is 9.18 Å². The Kier molecular flexibility index (Phi) is 5.67. The SMILES string of the molecule is CC[C@H]1CN(c2ccc(-c3ccc(CNC4CN5CCC4CC5)cc3)c(F)c2)C(=O)O1. The van der Waals surface area contributed by atoms with E-state index in [1.807, 2.05) is 19.1 Å². The van der Waals surface area contributed by atoms with Crippen molar-refractivity contribution < 1.29 is 13.9 Å². The molecule has 6 heteroatoms. The molecular formula is C25H30FN3O2. The Morgan fingerprint density at radius 2 is 1.87 bits per heavy atom. The first-order valence-electron chi connectivity index (χ1n) is 11.4. The number of piperidine rings is 3. The van der Waals surface area contributed by atoms with E-state index in [0.29, 0.717) is 23.8 Å². The molecule has 4 aliphatic rings. The van der Waals surface area contributed by atoms with E-state index in [1.165, 1.54) is 42.5 Å². The topological polar surface area (TPSA) is 44.8 Å². The monoisotopic (exact) mass is 423 g/mol. The van der Waals surface area contributed by atoms with Crippen LogP contribution in [0.1, 0.15) is 31.7 Å². The number of rotatable bonds is 6. The molecule has 1 N–H and O–H groups in total. The summed E-state index contributed by atoms with van der Waals surface area (Å²) < 4.78 is 20.2. The van der Waals surface area contributed by atoms with Gasteiger partial charge in [-0.3, -0.25) is 4.90 Å². The zero-order chi connectivity index (χ0) is 21.4. The van der Waals surface area contributed by atoms with Gasteiger partial charge in [0.15, 0.2) is 0 Å². The van der Waals surface area contributed by atoms with Crippen molar-refractivity contribution in [1.29, 1.82) is 0 Å². The molecule has 6 rings (SSSR count). The Morgan fingerprint density at radius 3 is 2.48 bits per heavy atom. The second-order valence-electron chi connectivity index (χ2n) is 9.01. The zero-order valence-electron chi connectivity index (χ0n) is 18.0. The van der Waals surface area contributed by atoms with Gasteiger partial charge in [0, 0.05) is 24.7 Å². The molecule has 0 aliphatic carbocycles. The largest absolute Gasteiger partial charge is 0.444 e. The maximum atomic E-state index is 14.9. The quantitative estimate of drug-likeness (QED) is 0.748. The molecule has 4 heterocycles. The van der Waals surface area contributed by atoms with E-state index in [4.69, 9.17) is 4.74 Å². The summed E-state index contributed by atoms with van der Waals surface area (Å²) in [6.07, 6.45) is 2.83. The summed E-state index contributed by atoms with van der Waals surface area (Å²) in [7, 11) is 0. The number of benzene rings is 2. The number of nitrogens with one attached hydrogen (secondary N) is 1. The number of amides is 1. The summed E-state index contributed by atoms with van der Waals surface area (Å²) in [6.45, 7) is 6.94. The molecule has 4 aliphatic heterocycles. The van der Waals surface area contributed by atoms with Crippen molar-refractivity contribution in [2.45, 2.75) is 44.9 Å². The summed E-state index contributed by atoms with van der Waals surface area (Å²) in [5.41, 5.74) is 3.13. The average Bonchev–Trinajstić information content (AvgIpc) is 3.19. The third-order valence-electron chi connectivity index (χ3n) is 7.08. The molecule has 31 heavy (non-hydrogen) atoms. The molecule has 2 aromatic carbocycles. The van der Waals surface area contributed by atoms with Crippen LogP contribution in [0.15, 0.2) is 42.5 Å². The summed E-state index contributed by atoms with van der Waals surface area (Å²) in [5, 5.41) is 3.73. The lowest BCUT2D eigenvalue weighted by Gasteiger charge is -2.45. The normalized spacial score (nSPS) is 27.5. The van der Waals surface area contributed by atoms with Crippen molar-refractivity contribution in [2.24, 2.45) is 5.92 Å². The highest BCUT2D eigenvalue weighted by Crippen LogP contribution is 2.30. The van der Waals surface area contributed by atoms with Gasteiger partial charge in [0.05, 0.1) is 12.2 Å². The molecular weight excluding hydrogens is 393 g/mol. The molecule has 0 aromatic heterocycles. The van der Waals surface area contributed by atoms with Crippen LogP contribution >= 0.6 is 0 Å². The van der Waals surface area contributed by atoms with E-state index in [2.05, 4.69) is 22.3 Å². The van der Waals surface area contributed by atoms with Crippen LogP contribution in [0, 0.1) is 11.7 Å². The molecule has 2 bridgehead atoms. The van der Waals surface area contributed by atoms with E-state index in [-0.39, 0.29) is 11.9 Å². The number of fused-ring (bicyclic) bond motifs is 3. The van der Waals surface area contributed by atoms with E-state index >= 15 is 0 Å². The summed E-state index contributed by atoms with van der Waals surface area (Å²) in [5.74, 6) is 0.473. The van der Waals surface area contributed by atoms with E-state index < -0.39 is 6.09 Å². The van der Waals surface area contributed by atoms with Gasteiger partial charge in [0.2, 0.25) is 0 Å². The molecule has 0 radical (unpaired) electrons. The molecule has 1 unspecified atom stereocenters. The van der Waals surface area contributed by atoms with Gasteiger partial charge in [-0.2, -0.15) is 0 Å². The molecule has 5 nitrogen and oxygen atoms in total. The van der Waals surface area contributed by atoms with Crippen LogP contribution in [0.2, 0.25) is 0 Å². The number of ether oxygens (including phenoxy) is 1. The van der Waals surface area contributed by atoms with Crippen molar-refractivity contribution in [2.75, 3.05) is 31.1 Å². The molecule has 4 fully saturated rings. The van der Waals surface area contributed by atoms with Gasteiger partial charge in [-0.15, -0.1) is 0 Å². The van der Waals surface area contributed by atoms with Crippen molar-refractivity contribution in [1.82, 2.24) is 10.2 Å². The Balaban J connectivity index is 1.24. The van der Waals surface area contributed by atoms with Crippen molar-refractivity contribution in [3.8, 4) is 11.1 Å². The highest BCUT2D eigenvalue weighted by molar-refractivity contribution is 5.90. The molecule has 1 amide bonds. The second-order valence-corrected chi connectivity index (χ2v) is 9.01. The highest BCUT2D eigenvalue weighted by atomic mass is 19.1. The number of hydrogen-bond donors (Lipinski definition) is 1. The number of carbonyl (C=O) groups excluding carboxylic acids is 1. The maximum absolute atomic E-state index is 14.9. The fraction of sp³-hybridized carbons (Fsp3) is 0.480. The van der Waals surface area contributed by atoms with Crippen LogP contribution < -0.4 is 10.2 Å². The van der Waals surface area contributed by atoms with Crippen LogP contribution in [0.3, 0.4) is 0 Å². The first kappa shape index (κ1) is 20.5. The molecule has 2 aromatic rings. The predicted molar refractivity (Wildman–Crippen MR) is 120 cm³/mol. The molecule has 4 saturated heterocycles. The first-order valence-corrected chi connectivity index (χ1v) is 11.4. The Hall–Kier alpha value is -2.44.